The maximum Gasteiger partial charge on any atom is 0.310 e. The lowest BCUT2D eigenvalue weighted by atomic mass is 9.96. The van der Waals surface area contributed by atoms with E-state index in [1.54, 1.807) is 19.0 Å². The first-order valence-corrected chi connectivity index (χ1v) is 32.1. The van der Waals surface area contributed by atoms with Gasteiger partial charge in [0, 0.05) is 32.4 Å². The highest BCUT2D eigenvalue weighted by Crippen LogP contribution is 2.23. The van der Waals surface area contributed by atoms with Crippen LogP contribution in [0.4, 0.5) is 0 Å². The van der Waals surface area contributed by atoms with Gasteiger partial charge in [-0.2, -0.15) is 0 Å². The average molecular weight is 1130 g/mol. The molecule has 0 unspecified atom stereocenters. The van der Waals surface area contributed by atoms with Crippen LogP contribution in [0, 0.1) is 0 Å². The number of carbonyl (C=O) groups excluding carboxylic acids is 7. The van der Waals surface area contributed by atoms with Crippen LogP contribution in [-0.2, 0) is 62.0 Å². The molecule has 0 aliphatic carbocycles. The maximum atomic E-state index is 12.8. The van der Waals surface area contributed by atoms with E-state index in [-0.39, 0.29) is 44.1 Å². The van der Waals surface area contributed by atoms with Crippen LogP contribution < -0.4 is 0 Å². The van der Waals surface area contributed by atoms with Gasteiger partial charge in [-0.3, -0.25) is 33.6 Å². The van der Waals surface area contributed by atoms with Crippen molar-refractivity contribution in [2.45, 2.75) is 310 Å². The number of hydrogen-bond donors (Lipinski definition) is 1. The van der Waals surface area contributed by atoms with E-state index in [4.69, 9.17) is 33.5 Å². The Balaban J connectivity index is -0.00000219. The molecule has 0 aromatic carbocycles. The lowest BCUT2D eigenvalue weighted by Gasteiger charge is -2.26. The van der Waals surface area contributed by atoms with E-state index >= 15 is 0 Å². The zero-order chi connectivity index (χ0) is 59.1. The molecular weight excluding hydrogens is 1010 g/mol. The van der Waals surface area contributed by atoms with Crippen LogP contribution in [0.15, 0.2) is 0 Å². The first-order valence-electron chi connectivity index (χ1n) is 32.1. The van der Waals surface area contributed by atoms with Crippen molar-refractivity contribution in [3.63, 3.8) is 0 Å². The predicted octanol–water partition coefficient (Wildman–Crippen LogP) is 15.2. The molecule has 0 radical (unpaired) electrons. The molecule has 0 amide bonds. The van der Waals surface area contributed by atoms with Crippen LogP contribution in [0.5, 0.6) is 0 Å². The SMILES string of the molecule is CC.CCCCCCCCCCC(=O)OCCCCCCO.CCCCCCCCCCC(=O)OCCCCCCOC(=O)CC(C=O)(CC(=O)OCCCCCCOC(=O)CCCCCCCCCC)OC(=O)CCN(C)C. The first-order chi connectivity index (χ1) is 38.4. The van der Waals surface area contributed by atoms with Crippen LogP contribution in [0.3, 0.4) is 0 Å². The third-order valence-corrected chi connectivity index (χ3v) is 13.3. The molecule has 15 nitrogen and oxygen atoms in total. The number of hydrogen-bond acceptors (Lipinski definition) is 15. The van der Waals surface area contributed by atoms with E-state index in [1.807, 2.05) is 13.8 Å². The molecule has 0 aromatic heterocycles. The van der Waals surface area contributed by atoms with Crippen molar-refractivity contribution in [3.05, 3.63) is 0 Å². The summed E-state index contributed by atoms with van der Waals surface area (Å²) < 4.78 is 32.0. The van der Waals surface area contributed by atoms with Gasteiger partial charge in [-0.25, -0.2) is 0 Å². The summed E-state index contributed by atoms with van der Waals surface area (Å²) in [5.41, 5.74) is -2.03. The van der Waals surface area contributed by atoms with Gasteiger partial charge < -0.3 is 38.4 Å². The molecule has 79 heavy (non-hydrogen) atoms. The fourth-order valence-corrected chi connectivity index (χ4v) is 8.46. The number of aliphatic hydroxyl groups is 1. The Hall–Kier alpha value is -3.59. The molecule has 0 saturated carbocycles. The first kappa shape index (κ1) is 79.6. The molecule has 1 N–H and O–H groups in total. The number of carbonyl (C=O) groups is 7. The summed E-state index contributed by atoms with van der Waals surface area (Å²) in [7, 11) is 3.57. The summed E-state index contributed by atoms with van der Waals surface area (Å²) in [5.74, 6) is -2.59. The van der Waals surface area contributed by atoms with E-state index in [2.05, 4.69) is 20.8 Å². The topological polar surface area (TPSA) is 198 Å². The van der Waals surface area contributed by atoms with Gasteiger partial charge >= 0.3 is 35.8 Å². The molecule has 0 rings (SSSR count). The van der Waals surface area contributed by atoms with Crippen LogP contribution >= 0.6 is 0 Å². The minimum atomic E-state index is -2.03. The monoisotopic (exact) mass is 1130 g/mol. The lowest BCUT2D eigenvalue weighted by molar-refractivity contribution is -0.174. The molecule has 0 heterocycles. The zero-order valence-electron chi connectivity index (χ0n) is 51.9. The quantitative estimate of drug-likeness (QED) is 0.0261. The van der Waals surface area contributed by atoms with Gasteiger partial charge in [0.25, 0.3) is 0 Å². The van der Waals surface area contributed by atoms with Gasteiger partial charge in [0.2, 0.25) is 0 Å². The number of ether oxygens (including phenoxy) is 6. The van der Waals surface area contributed by atoms with Gasteiger partial charge in [0.15, 0.2) is 11.9 Å². The standard InChI is InChI=1S/C45H81NO11.C17H34O3.C2H6/c1-5-7-9-11-13-15-17-23-29-40(48)53-33-25-19-21-27-35-55-43(51)37-45(39-47,57-42(50)31-32-46(3)4)38-44(52)56-36-28-22-20-26-34-54-41(49)30-24-18-16-14-12-10-8-6-2;1-2-3-4-5-6-7-8-11-14-17(19)20-16-13-10-9-12-15-18;1-2/h39H,5-38H2,1-4H3;18H,2-16H2,1H3;1-2H3. The van der Waals surface area contributed by atoms with Crippen molar-refractivity contribution in [2.24, 2.45) is 0 Å². The van der Waals surface area contributed by atoms with Crippen molar-refractivity contribution in [2.75, 3.05) is 60.3 Å². The molecule has 0 saturated heterocycles. The van der Waals surface area contributed by atoms with E-state index in [0.29, 0.717) is 77.6 Å². The Kier molecular flexibility index (Phi) is 64.1. The minimum Gasteiger partial charge on any atom is -0.466 e. The number of unbranched alkanes of at least 4 members (excludes halogenated alkanes) is 30. The Morgan fingerprint density at radius 1 is 0.354 bits per heavy atom. The number of nitrogens with zero attached hydrogens (tertiary/aromatic N) is 1. The van der Waals surface area contributed by atoms with Gasteiger partial charge in [-0.05, 0) is 104 Å². The number of esters is 6. The molecule has 0 spiro atoms. The van der Waals surface area contributed by atoms with Crippen LogP contribution in [0.1, 0.15) is 304 Å². The molecule has 0 aromatic rings. The fourth-order valence-electron chi connectivity index (χ4n) is 8.46. The Morgan fingerprint density at radius 2 is 0.608 bits per heavy atom. The number of aldehydes is 1. The second-order valence-corrected chi connectivity index (χ2v) is 21.3. The highest BCUT2D eigenvalue weighted by atomic mass is 16.6. The van der Waals surface area contributed by atoms with Crippen LogP contribution in [0.25, 0.3) is 0 Å². The predicted molar refractivity (Wildman–Crippen MR) is 318 cm³/mol. The third kappa shape index (κ3) is 61.9. The minimum absolute atomic E-state index is 0.0320. The second kappa shape index (κ2) is 63.6. The summed E-state index contributed by atoms with van der Waals surface area (Å²) in [6.07, 6.45) is 38.9. The summed E-state index contributed by atoms with van der Waals surface area (Å²) >= 11 is 0. The normalized spacial score (nSPS) is 10.9. The van der Waals surface area contributed by atoms with Crippen molar-refractivity contribution < 1.29 is 67.1 Å². The Bertz CT molecular complexity index is 1350. The van der Waals surface area contributed by atoms with Gasteiger partial charge in [0.1, 0.15) is 0 Å². The van der Waals surface area contributed by atoms with Gasteiger partial charge in [-0.15, -0.1) is 0 Å². The maximum absolute atomic E-state index is 12.8. The molecule has 466 valence electrons. The number of aliphatic hydroxyl groups excluding tert-OH is 1. The van der Waals surface area contributed by atoms with E-state index in [0.717, 1.165) is 103 Å². The summed E-state index contributed by atoms with van der Waals surface area (Å²) in [5, 5.41) is 8.63. The molecule has 0 aliphatic heterocycles. The molecule has 0 atom stereocenters. The largest absolute Gasteiger partial charge is 0.466 e. The highest BCUT2D eigenvalue weighted by Gasteiger charge is 2.40. The zero-order valence-corrected chi connectivity index (χ0v) is 51.9. The van der Waals surface area contributed by atoms with E-state index in [9.17, 15) is 33.6 Å². The van der Waals surface area contributed by atoms with Gasteiger partial charge in [-0.1, -0.05) is 176 Å². The third-order valence-electron chi connectivity index (χ3n) is 13.3. The molecular formula is C64H121NO14. The van der Waals surface area contributed by atoms with Crippen molar-refractivity contribution in [3.8, 4) is 0 Å². The molecule has 15 heteroatoms. The average Bonchev–Trinajstić information content (AvgIpc) is 3.43. The van der Waals surface area contributed by atoms with E-state index < -0.39 is 36.4 Å². The fraction of sp³-hybridized carbons (Fsp3) is 0.891. The van der Waals surface area contributed by atoms with E-state index in [1.165, 1.54) is 103 Å². The molecule has 0 fully saturated rings. The van der Waals surface area contributed by atoms with Crippen molar-refractivity contribution in [1.29, 1.82) is 0 Å². The van der Waals surface area contributed by atoms with Gasteiger partial charge in [0.05, 0.1) is 52.3 Å². The molecule has 0 bridgehead atoms. The summed E-state index contributed by atoms with van der Waals surface area (Å²) in [6, 6.07) is 0. The summed E-state index contributed by atoms with van der Waals surface area (Å²) in [4.78, 5) is 87.6. The second-order valence-electron chi connectivity index (χ2n) is 21.3. The van der Waals surface area contributed by atoms with Crippen LogP contribution in [-0.4, -0.2) is 118 Å². The van der Waals surface area contributed by atoms with Crippen molar-refractivity contribution >= 4 is 42.1 Å². The lowest BCUT2D eigenvalue weighted by Crippen LogP contribution is -2.42. The summed E-state index contributed by atoms with van der Waals surface area (Å²) in [6.45, 7) is 12.7. The highest BCUT2D eigenvalue weighted by molar-refractivity contribution is 5.86. The number of rotatable bonds is 56. The Morgan fingerprint density at radius 3 is 0.873 bits per heavy atom. The smallest absolute Gasteiger partial charge is 0.310 e. The molecule has 0 aliphatic rings. The van der Waals surface area contributed by atoms with Crippen molar-refractivity contribution in [1.82, 2.24) is 4.90 Å². The van der Waals surface area contributed by atoms with Crippen LogP contribution in [0.2, 0.25) is 0 Å². The Labute approximate surface area is 482 Å².